The minimum Gasteiger partial charge on any atom is -0.336 e. The molecule has 0 aliphatic carbocycles. The van der Waals surface area contributed by atoms with E-state index >= 15 is 0 Å². The fraction of sp³-hybridized carbons (Fsp3) is 0.462. The number of benzene rings is 1. The second-order valence-corrected chi connectivity index (χ2v) is 4.71. The van der Waals surface area contributed by atoms with Gasteiger partial charge >= 0.3 is 0 Å². The highest BCUT2D eigenvalue weighted by Crippen LogP contribution is 2.26. The Morgan fingerprint density at radius 2 is 2.35 bits per heavy atom. The predicted octanol–water partition coefficient (Wildman–Crippen LogP) is 3.49. The standard InChI is InChI=1S/C13H15ClFNO/c1-2-9-5-4-8-16(9)13(17)12-10(14)6-3-7-11(12)15/h3,6-7,9H,2,4-5,8H2,1H3. The van der Waals surface area contributed by atoms with Crippen molar-refractivity contribution in [3.8, 4) is 0 Å². The first-order chi connectivity index (χ1) is 8.15. The van der Waals surface area contributed by atoms with Crippen molar-refractivity contribution in [2.45, 2.75) is 32.2 Å². The maximum Gasteiger partial charge on any atom is 0.258 e. The average molecular weight is 256 g/mol. The molecule has 1 amide bonds. The summed E-state index contributed by atoms with van der Waals surface area (Å²) in [7, 11) is 0. The third-order valence-electron chi connectivity index (χ3n) is 3.29. The van der Waals surface area contributed by atoms with Crippen molar-refractivity contribution in [3.05, 3.63) is 34.6 Å². The number of carbonyl (C=O) groups is 1. The monoisotopic (exact) mass is 255 g/mol. The molecule has 0 saturated carbocycles. The zero-order valence-corrected chi connectivity index (χ0v) is 10.5. The van der Waals surface area contributed by atoms with Gasteiger partial charge in [0.1, 0.15) is 5.82 Å². The molecule has 1 heterocycles. The highest BCUT2D eigenvalue weighted by molar-refractivity contribution is 6.33. The van der Waals surface area contributed by atoms with E-state index in [1.807, 2.05) is 6.92 Å². The summed E-state index contributed by atoms with van der Waals surface area (Å²) in [5.74, 6) is -0.818. The third kappa shape index (κ3) is 2.29. The Labute approximate surface area is 105 Å². The molecule has 0 radical (unpaired) electrons. The van der Waals surface area contributed by atoms with Gasteiger partial charge in [-0.3, -0.25) is 4.79 Å². The number of hydrogen-bond acceptors (Lipinski definition) is 1. The van der Waals surface area contributed by atoms with Crippen LogP contribution in [0.4, 0.5) is 4.39 Å². The summed E-state index contributed by atoms with van der Waals surface area (Å²) in [6, 6.07) is 4.55. The van der Waals surface area contributed by atoms with Gasteiger partial charge in [-0.05, 0) is 31.4 Å². The van der Waals surface area contributed by atoms with Crippen molar-refractivity contribution >= 4 is 17.5 Å². The fourth-order valence-corrected chi connectivity index (χ4v) is 2.62. The maximum absolute atomic E-state index is 13.7. The molecule has 2 rings (SSSR count). The number of amides is 1. The minimum atomic E-state index is -0.538. The number of likely N-dealkylation sites (tertiary alicyclic amines) is 1. The summed E-state index contributed by atoms with van der Waals surface area (Å²) in [5.41, 5.74) is 0.00881. The molecule has 0 bridgehead atoms. The van der Waals surface area contributed by atoms with Gasteiger partial charge < -0.3 is 4.90 Å². The lowest BCUT2D eigenvalue weighted by atomic mass is 10.1. The zero-order valence-electron chi connectivity index (χ0n) is 9.75. The van der Waals surface area contributed by atoms with Crippen LogP contribution in [0, 0.1) is 5.82 Å². The van der Waals surface area contributed by atoms with Crippen LogP contribution in [0.2, 0.25) is 5.02 Å². The molecule has 1 aromatic rings. The minimum absolute atomic E-state index is 0.00881. The molecular weight excluding hydrogens is 241 g/mol. The molecule has 1 atom stereocenters. The SMILES string of the molecule is CCC1CCCN1C(=O)c1c(F)cccc1Cl. The lowest BCUT2D eigenvalue weighted by Gasteiger charge is -2.24. The van der Waals surface area contributed by atoms with Gasteiger partial charge in [-0.1, -0.05) is 24.6 Å². The number of carbonyl (C=O) groups excluding carboxylic acids is 1. The molecule has 1 saturated heterocycles. The lowest BCUT2D eigenvalue weighted by Crippen LogP contribution is -2.35. The molecule has 1 aliphatic heterocycles. The van der Waals surface area contributed by atoms with E-state index in [1.54, 1.807) is 11.0 Å². The van der Waals surface area contributed by atoms with Crippen molar-refractivity contribution in [3.63, 3.8) is 0 Å². The second-order valence-electron chi connectivity index (χ2n) is 4.30. The first-order valence-electron chi connectivity index (χ1n) is 5.90. The van der Waals surface area contributed by atoms with Gasteiger partial charge in [0.05, 0.1) is 10.6 Å². The number of halogens is 2. The Kier molecular flexibility index (Phi) is 3.67. The Morgan fingerprint density at radius 1 is 1.59 bits per heavy atom. The molecule has 0 aromatic heterocycles. The quantitative estimate of drug-likeness (QED) is 0.792. The van der Waals surface area contributed by atoms with Crippen molar-refractivity contribution in [2.75, 3.05) is 6.54 Å². The summed E-state index contributed by atoms with van der Waals surface area (Å²) >= 11 is 5.91. The normalized spacial score (nSPS) is 19.7. The van der Waals surface area contributed by atoms with Crippen LogP contribution in [0.5, 0.6) is 0 Å². The molecule has 0 spiro atoms. The first-order valence-corrected chi connectivity index (χ1v) is 6.28. The van der Waals surface area contributed by atoms with Crippen molar-refractivity contribution in [2.24, 2.45) is 0 Å². The van der Waals surface area contributed by atoms with E-state index in [-0.39, 0.29) is 22.5 Å². The molecule has 1 aromatic carbocycles. The van der Waals surface area contributed by atoms with Crippen LogP contribution in [0.1, 0.15) is 36.5 Å². The summed E-state index contributed by atoms with van der Waals surface area (Å²) < 4.78 is 13.7. The molecular formula is C13H15ClFNO. The van der Waals surface area contributed by atoms with Gasteiger partial charge in [0.25, 0.3) is 5.91 Å². The van der Waals surface area contributed by atoms with E-state index in [4.69, 9.17) is 11.6 Å². The fourth-order valence-electron chi connectivity index (χ4n) is 2.37. The zero-order chi connectivity index (χ0) is 12.4. The largest absolute Gasteiger partial charge is 0.336 e. The Balaban J connectivity index is 2.31. The average Bonchev–Trinajstić information content (AvgIpc) is 2.76. The van der Waals surface area contributed by atoms with Crippen LogP contribution in [0.15, 0.2) is 18.2 Å². The van der Waals surface area contributed by atoms with E-state index in [2.05, 4.69) is 0 Å². The number of nitrogens with zero attached hydrogens (tertiary/aromatic N) is 1. The van der Waals surface area contributed by atoms with Crippen LogP contribution in [-0.2, 0) is 0 Å². The van der Waals surface area contributed by atoms with Crippen LogP contribution < -0.4 is 0 Å². The highest BCUT2D eigenvalue weighted by Gasteiger charge is 2.30. The Hall–Kier alpha value is -1.09. The molecule has 17 heavy (non-hydrogen) atoms. The molecule has 1 fully saturated rings. The second kappa shape index (κ2) is 5.05. The summed E-state index contributed by atoms with van der Waals surface area (Å²) in [6.45, 7) is 2.74. The van der Waals surface area contributed by atoms with Gasteiger partial charge in [-0.15, -0.1) is 0 Å². The lowest BCUT2D eigenvalue weighted by molar-refractivity contribution is 0.0729. The maximum atomic E-state index is 13.7. The van der Waals surface area contributed by atoms with E-state index in [9.17, 15) is 9.18 Å². The van der Waals surface area contributed by atoms with Gasteiger partial charge in [0.2, 0.25) is 0 Å². The third-order valence-corrected chi connectivity index (χ3v) is 3.60. The molecule has 1 aliphatic rings. The molecule has 4 heteroatoms. The molecule has 1 unspecified atom stereocenters. The van der Waals surface area contributed by atoms with Crippen LogP contribution >= 0.6 is 11.6 Å². The molecule has 2 nitrogen and oxygen atoms in total. The first kappa shape index (κ1) is 12.4. The van der Waals surface area contributed by atoms with Gasteiger partial charge in [0.15, 0.2) is 0 Å². The van der Waals surface area contributed by atoms with Gasteiger partial charge in [-0.25, -0.2) is 4.39 Å². The van der Waals surface area contributed by atoms with Gasteiger partial charge in [-0.2, -0.15) is 0 Å². The summed E-state index contributed by atoms with van der Waals surface area (Å²) in [4.78, 5) is 14.0. The molecule has 92 valence electrons. The topological polar surface area (TPSA) is 20.3 Å². The van der Waals surface area contributed by atoms with Crippen molar-refractivity contribution < 1.29 is 9.18 Å². The van der Waals surface area contributed by atoms with Crippen LogP contribution in [0.25, 0.3) is 0 Å². The van der Waals surface area contributed by atoms with Crippen molar-refractivity contribution in [1.82, 2.24) is 4.90 Å². The summed E-state index contributed by atoms with van der Waals surface area (Å²) in [5, 5.41) is 0.191. The van der Waals surface area contributed by atoms with E-state index in [0.29, 0.717) is 6.54 Å². The van der Waals surface area contributed by atoms with Crippen LogP contribution in [0.3, 0.4) is 0 Å². The number of hydrogen-bond donors (Lipinski definition) is 0. The Morgan fingerprint density at radius 3 is 3.00 bits per heavy atom. The molecule has 0 N–H and O–H groups in total. The summed E-state index contributed by atoms with van der Waals surface area (Å²) in [6.07, 6.45) is 2.88. The van der Waals surface area contributed by atoms with Gasteiger partial charge in [0, 0.05) is 12.6 Å². The van der Waals surface area contributed by atoms with E-state index < -0.39 is 5.82 Å². The predicted molar refractivity (Wildman–Crippen MR) is 65.8 cm³/mol. The number of rotatable bonds is 2. The smallest absolute Gasteiger partial charge is 0.258 e. The van der Waals surface area contributed by atoms with E-state index in [0.717, 1.165) is 19.3 Å². The Bertz CT molecular complexity index is 415. The van der Waals surface area contributed by atoms with E-state index in [1.165, 1.54) is 12.1 Å². The van der Waals surface area contributed by atoms with Crippen LogP contribution in [-0.4, -0.2) is 23.4 Å². The highest BCUT2D eigenvalue weighted by atomic mass is 35.5. The van der Waals surface area contributed by atoms with Crippen molar-refractivity contribution in [1.29, 1.82) is 0 Å².